The molecule has 0 spiro atoms. The van der Waals surface area contributed by atoms with Crippen LogP contribution < -0.4 is 0 Å². The number of H-pyrrole nitrogens is 2. The zero-order chi connectivity index (χ0) is 13.6. The molecule has 102 valence electrons. The van der Waals surface area contributed by atoms with Crippen LogP contribution in [-0.4, -0.2) is 26.7 Å². The van der Waals surface area contributed by atoms with Gasteiger partial charge in [0.25, 0.3) is 0 Å². The fraction of sp³-hybridized carbons (Fsp3) is 0.312. The second kappa shape index (κ2) is 4.21. The van der Waals surface area contributed by atoms with Gasteiger partial charge in [0.15, 0.2) is 0 Å². The van der Waals surface area contributed by atoms with Crippen LogP contribution in [0.1, 0.15) is 25.1 Å². The molecule has 0 atom stereocenters. The van der Waals surface area contributed by atoms with E-state index in [1.807, 2.05) is 24.5 Å². The summed E-state index contributed by atoms with van der Waals surface area (Å²) in [5.41, 5.74) is 3.13. The van der Waals surface area contributed by atoms with Crippen LogP contribution >= 0.6 is 0 Å². The average Bonchev–Trinajstić information content (AvgIpc) is 3.04. The lowest BCUT2D eigenvalue weighted by atomic mass is 9.69. The molecule has 3 aromatic rings. The zero-order valence-electron chi connectivity index (χ0n) is 11.2. The summed E-state index contributed by atoms with van der Waals surface area (Å²) in [6.45, 7) is 0.174. The monoisotopic (exact) mass is 267 g/mol. The van der Waals surface area contributed by atoms with E-state index in [2.05, 4.69) is 27.1 Å². The molecular weight excluding hydrogens is 250 g/mol. The van der Waals surface area contributed by atoms with Crippen molar-refractivity contribution in [1.29, 1.82) is 0 Å². The second-order valence-electron chi connectivity index (χ2n) is 5.69. The van der Waals surface area contributed by atoms with Gasteiger partial charge < -0.3 is 15.1 Å². The van der Waals surface area contributed by atoms with Gasteiger partial charge in [-0.1, -0.05) is 24.6 Å². The summed E-state index contributed by atoms with van der Waals surface area (Å²) < 4.78 is 0. The SMILES string of the molecule is OCC1(c2ncc(-c3c[nH]c4ccccc34)[nH]2)CCC1. The Morgan fingerprint density at radius 2 is 2.10 bits per heavy atom. The molecule has 1 aliphatic carbocycles. The number of hydrogen-bond acceptors (Lipinski definition) is 2. The maximum Gasteiger partial charge on any atom is 0.115 e. The maximum atomic E-state index is 9.64. The van der Waals surface area contributed by atoms with Crippen molar-refractivity contribution in [2.24, 2.45) is 0 Å². The second-order valence-corrected chi connectivity index (χ2v) is 5.69. The molecule has 20 heavy (non-hydrogen) atoms. The van der Waals surface area contributed by atoms with Crippen molar-refractivity contribution >= 4 is 10.9 Å². The maximum absolute atomic E-state index is 9.64. The van der Waals surface area contributed by atoms with E-state index in [0.717, 1.165) is 35.4 Å². The first-order chi connectivity index (χ1) is 9.82. The quantitative estimate of drug-likeness (QED) is 0.683. The van der Waals surface area contributed by atoms with Crippen LogP contribution in [0.2, 0.25) is 0 Å². The van der Waals surface area contributed by atoms with Crippen LogP contribution in [0.25, 0.3) is 22.2 Å². The third-order valence-corrected chi connectivity index (χ3v) is 4.57. The van der Waals surface area contributed by atoms with Crippen molar-refractivity contribution in [1.82, 2.24) is 15.0 Å². The van der Waals surface area contributed by atoms with Crippen molar-refractivity contribution in [3.8, 4) is 11.3 Å². The molecule has 0 aliphatic heterocycles. The molecule has 1 aliphatic rings. The Bertz CT molecular complexity index is 746. The lowest BCUT2D eigenvalue weighted by molar-refractivity contribution is 0.113. The topological polar surface area (TPSA) is 64.7 Å². The van der Waals surface area contributed by atoms with E-state index < -0.39 is 0 Å². The number of nitrogens with one attached hydrogen (secondary N) is 2. The fourth-order valence-corrected chi connectivity index (χ4v) is 3.10. The van der Waals surface area contributed by atoms with Crippen molar-refractivity contribution in [3.63, 3.8) is 0 Å². The van der Waals surface area contributed by atoms with Crippen LogP contribution in [0.5, 0.6) is 0 Å². The molecule has 4 heteroatoms. The zero-order valence-corrected chi connectivity index (χ0v) is 11.2. The lowest BCUT2D eigenvalue weighted by Crippen LogP contribution is -2.39. The Balaban J connectivity index is 1.78. The summed E-state index contributed by atoms with van der Waals surface area (Å²) in [6.07, 6.45) is 7.09. The number of aliphatic hydroxyl groups excluding tert-OH is 1. The number of aromatic nitrogens is 3. The Morgan fingerprint density at radius 1 is 1.25 bits per heavy atom. The van der Waals surface area contributed by atoms with Crippen LogP contribution in [0.15, 0.2) is 36.7 Å². The van der Waals surface area contributed by atoms with Crippen LogP contribution in [0.4, 0.5) is 0 Å². The molecule has 0 unspecified atom stereocenters. The highest BCUT2D eigenvalue weighted by Gasteiger charge is 2.40. The van der Waals surface area contributed by atoms with Crippen molar-refractivity contribution in [2.75, 3.05) is 6.61 Å². The summed E-state index contributed by atoms with van der Waals surface area (Å²) in [4.78, 5) is 11.2. The number of rotatable bonds is 3. The lowest BCUT2D eigenvalue weighted by Gasteiger charge is -2.38. The standard InChI is InChI=1S/C16H17N3O/c20-10-16(6-3-7-16)15-18-9-14(19-15)12-8-17-13-5-2-1-4-11(12)13/h1-2,4-5,8-9,17,20H,3,6-7,10H2,(H,18,19). The number of para-hydroxylation sites is 1. The molecule has 1 saturated carbocycles. The van der Waals surface area contributed by atoms with Gasteiger partial charge in [0, 0.05) is 22.7 Å². The molecule has 2 aromatic heterocycles. The minimum atomic E-state index is -0.135. The average molecular weight is 267 g/mol. The molecule has 1 aromatic carbocycles. The van der Waals surface area contributed by atoms with Crippen molar-refractivity contribution in [3.05, 3.63) is 42.5 Å². The third kappa shape index (κ3) is 1.55. The highest BCUT2D eigenvalue weighted by atomic mass is 16.3. The highest BCUT2D eigenvalue weighted by Crippen LogP contribution is 2.42. The molecule has 0 amide bonds. The summed E-state index contributed by atoms with van der Waals surface area (Å²) in [5, 5.41) is 10.8. The molecule has 4 nitrogen and oxygen atoms in total. The summed E-state index contributed by atoms with van der Waals surface area (Å²) in [5.74, 6) is 0.923. The Kier molecular flexibility index (Phi) is 2.47. The normalized spacial score (nSPS) is 17.2. The first-order valence-corrected chi connectivity index (χ1v) is 7.05. The van der Waals surface area contributed by atoms with Gasteiger partial charge >= 0.3 is 0 Å². The van der Waals surface area contributed by atoms with Crippen LogP contribution in [0.3, 0.4) is 0 Å². The minimum absolute atomic E-state index is 0.135. The summed E-state index contributed by atoms with van der Waals surface area (Å²) in [6, 6.07) is 8.23. The van der Waals surface area contributed by atoms with Crippen LogP contribution in [0, 0.1) is 0 Å². The molecular formula is C16H17N3O. The van der Waals surface area contributed by atoms with E-state index in [-0.39, 0.29) is 12.0 Å². The van der Waals surface area contributed by atoms with Gasteiger partial charge in [-0.15, -0.1) is 0 Å². The Hall–Kier alpha value is -2.07. The fourth-order valence-electron chi connectivity index (χ4n) is 3.10. The van der Waals surface area contributed by atoms with Gasteiger partial charge in [-0.05, 0) is 18.9 Å². The molecule has 0 bridgehead atoms. The molecule has 4 rings (SSSR count). The number of fused-ring (bicyclic) bond motifs is 1. The summed E-state index contributed by atoms with van der Waals surface area (Å²) >= 11 is 0. The Morgan fingerprint density at radius 3 is 2.85 bits per heavy atom. The third-order valence-electron chi connectivity index (χ3n) is 4.57. The van der Waals surface area contributed by atoms with Gasteiger partial charge in [-0.3, -0.25) is 0 Å². The van der Waals surface area contributed by atoms with E-state index in [0.29, 0.717) is 0 Å². The number of aliphatic hydroxyl groups is 1. The van der Waals surface area contributed by atoms with Gasteiger partial charge in [0.2, 0.25) is 0 Å². The number of imidazole rings is 1. The highest BCUT2D eigenvalue weighted by molar-refractivity contribution is 5.94. The first-order valence-electron chi connectivity index (χ1n) is 7.05. The molecule has 1 fully saturated rings. The predicted octanol–water partition coefficient (Wildman–Crippen LogP) is 2.97. The summed E-state index contributed by atoms with van der Waals surface area (Å²) in [7, 11) is 0. The number of aromatic amines is 2. The van der Waals surface area contributed by atoms with Crippen LogP contribution in [-0.2, 0) is 5.41 Å². The van der Waals surface area contributed by atoms with E-state index in [1.165, 1.54) is 11.8 Å². The van der Waals surface area contributed by atoms with Gasteiger partial charge in [0.05, 0.1) is 23.9 Å². The smallest absolute Gasteiger partial charge is 0.115 e. The van der Waals surface area contributed by atoms with E-state index in [4.69, 9.17) is 0 Å². The molecule has 0 saturated heterocycles. The van der Waals surface area contributed by atoms with E-state index in [9.17, 15) is 5.11 Å². The largest absolute Gasteiger partial charge is 0.395 e. The minimum Gasteiger partial charge on any atom is -0.395 e. The van der Waals surface area contributed by atoms with E-state index in [1.54, 1.807) is 0 Å². The van der Waals surface area contributed by atoms with Crippen molar-refractivity contribution < 1.29 is 5.11 Å². The van der Waals surface area contributed by atoms with Crippen molar-refractivity contribution in [2.45, 2.75) is 24.7 Å². The molecule has 2 heterocycles. The van der Waals surface area contributed by atoms with Gasteiger partial charge in [-0.25, -0.2) is 4.98 Å². The molecule has 3 N–H and O–H groups in total. The first kappa shape index (κ1) is 11.7. The number of hydrogen-bond donors (Lipinski definition) is 3. The number of nitrogens with zero attached hydrogens (tertiary/aromatic N) is 1. The van der Waals surface area contributed by atoms with E-state index >= 15 is 0 Å². The van der Waals surface area contributed by atoms with Gasteiger partial charge in [-0.2, -0.15) is 0 Å². The number of benzene rings is 1. The Labute approximate surface area is 116 Å². The predicted molar refractivity (Wildman–Crippen MR) is 78.5 cm³/mol. The van der Waals surface area contributed by atoms with Gasteiger partial charge in [0.1, 0.15) is 5.82 Å². The molecule has 0 radical (unpaired) electrons.